The minimum Gasteiger partial charge on any atom is -0.356 e. The molecule has 136 valence electrons. The maximum Gasteiger partial charge on any atom is 0.193 e. The van der Waals surface area contributed by atoms with E-state index in [0.717, 1.165) is 25.0 Å². The van der Waals surface area contributed by atoms with Gasteiger partial charge >= 0.3 is 0 Å². The Morgan fingerprint density at radius 3 is 2.71 bits per heavy atom. The van der Waals surface area contributed by atoms with Crippen molar-refractivity contribution in [3.63, 3.8) is 0 Å². The first-order valence-corrected chi connectivity index (χ1v) is 8.87. The van der Waals surface area contributed by atoms with E-state index < -0.39 is 0 Å². The van der Waals surface area contributed by atoms with Gasteiger partial charge in [-0.25, -0.2) is 4.99 Å². The normalized spacial score (nSPS) is 18.8. The van der Waals surface area contributed by atoms with Crippen LogP contribution in [0.25, 0.3) is 0 Å². The molecule has 24 heavy (non-hydrogen) atoms. The van der Waals surface area contributed by atoms with Crippen LogP contribution in [0.1, 0.15) is 31.7 Å². The summed E-state index contributed by atoms with van der Waals surface area (Å²) in [5.74, 6) is 1.84. The molecule has 1 heterocycles. The van der Waals surface area contributed by atoms with Gasteiger partial charge in [0.25, 0.3) is 0 Å². The SMILES string of the molecule is CC1CCCN(CCCNC(=NCc2ccccc2)N(C)C)C1.I. The van der Waals surface area contributed by atoms with Crippen LogP contribution in [0.5, 0.6) is 0 Å². The highest BCUT2D eigenvalue weighted by molar-refractivity contribution is 14.0. The Bertz CT molecular complexity index is 476. The maximum absolute atomic E-state index is 4.71. The van der Waals surface area contributed by atoms with Crippen molar-refractivity contribution in [2.75, 3.05) is 40.3 Å². The fraction of sp³-hybridized carbons (Fsp3) is 0.632. The van der Waals surface area contributed by atoms with E-state index in [1.165, 1.54) is 44.5 Å². The zero-order valence-electron chi connectivity index (χ0n) is 15.4. The van der Waals surface area contributed by atoms with E-state index in [1.807, 2.05) is 20.2 Å². The molecule has 1 fully saturated rings. The molecule has 1 aromatic rings. The van der Waals surface area contributed by atoms with Crippen LogP contribution in [0.15, 0.2) is 35.3 Å². The number of rotatable bonds is 6. The van der Waals surface area contributed by atoms with E-state index in [1.54, 1.807) is 0 Å². The third kappa shape index (κ3) is 7.83. The average molecular weight is 444 g/mol. The Balaban J connectivity index is 0.00000288. The Morgan fingerprint density at radius 2 is 2.04 bits per heavy atom. The first kappa shape index (κ1) is 21.2. The predicted octanol–water partition coefficient (Wildman–Crippen LogP) is 3.43. The quantitative estimate of drug-likeness (QED) is 0.316. The van der Waals surface area contributed by atoms with Gasteiger partial charge in [0.1, 0.15) is 0 Å². The summed E-state index contributed by atoms with van der Waals surface area (Å²) < 4.78 is 0. The van der Waals surface area contributed by atoms with Crippen molar-refractivity contribution in [3.8, 4) is 0 Å². The highest BCUT2D eigenvalue weighted by atomic mass is 127. The van der Waals surface area contributed by atoms with Crippen molar-refractivity contribution in [1.29, 1.82) is 0 Å². The largest absolute Gasteiger partial charge is 0.356 e. The van der Waals surface area contributed by atoms with Gasteiger partial charge in [-0.1, -0.05) is 37.3 Å². The monoisotopic (exact) mass is 444 g/mol. The number of nitrogens with one attached hydrogen (secondary N) is 1. The Morgan fingerprint density at radius 1 is 1.29 bits per heavy atom. The van der Waals surface area contributed by atoms with Gasteiger partial charge in [-0.3, -0.25) is 0 Å². The first-order chi connectivity index (χ1) is 11.1. The molecule has 1 saturated heterocycles. The Labute approximate surface area is 164 Å². The lowest BCUT2D eigenvalue weighted by Gasteiger charge is -2.30. The molecule has 0 radical (unpaired) electrons. The van der Waals surface area contributed by atoms with Gasteiger partial charge < -0.3 is 15.1 Å². The lowest BCUT2D eigenvalue weighted by Crippen LogP contribution is -2.39. The molecule has 4 nitrogen and oxygen atoms in total. The molecule has 1 aromatic carbocycles. The van der Waals surface area contributed by atoms with Gasteiger partial charge in [0.2, 0.25) is 0 Å². The van der Waals surface area contributed by atoms with Crippen LogP contribution < -0.4 is 5.32 Å². The van der Waals surface area contributed by atoms with Crippen LogP contribution >= 0.6 is 24.0 Å². The molecule has 1 aliphatic rings. The molecule has 0 saturated carbocycles. The molecule has 0 amide bonds. The minimum atomic E-state index is 0. The zero-order chi connectivity index (χ0) is 16.5. The van der Waals surface area contributed by atoms with Gasteiger partial charge in [-0.15, -0.1) is 24.0 Å². The van der Waals surface area contributed by atoms with Crippen LogP contribution in [0.3, 0.4) is 0 Å². The molecule has 0 aliphatic carbocycles. The molecule has 0 spiro atoms. The van der Waals surface area contributed by atoms with Crippen molar-refractivity contribution in [2.24, 2.45) is 10.9 Å². The Hall–Kier alpha value is -0.820. The minimum absolute atomic E-state index is 0. The van der Waals surface area contributed by atoms with E-state index >= 15 is 0 Å². The fourth-order valence-electron chi connectivity index (χ4n) is 3.10. The average Bonchev–Trinajstić information content (AvgIpc) is 2.55. The second-order valence-corrected chi connectivity index (χ2v) is 6.85. The number of aliphatic imine (C=N–C) groups is 1. The van der Waals surface area contributed by atoms with E-state index in [2.05, 4.69) is 46.3 Å². The summed E-state index contributed by atoms with van der Waals surface area (Å²) in [4.78, 5) is 9.37. The van der Waals surface area contributed by atoms with E-state index in [0.29, 0.717) is 0 Å². The second-order valence-electron chi connectivity index (χ2n) is 6.85. The van der Waals surface area contributed by atoms with Crippen LogP contribution in [-0.4, -0.2) is 56.0 Å². The summed E-state index contributed by atoms with van der Waals surface area (Å²) in [6.07, 6.45) is 3.92. The number of hydrogen-bond donors (Lipinski definition) is 1. The number of guanidine groups is 1. The first-order valence-electron chi connectivity index (χ1n) is 8.87. The van der Waals surface area contributed by atoms with Crippen LogP contribution in [0.4, 0.5) is 0 Å². The predicted molar refractivity (Wildman–Crippen MR) is 114 cm³/mol. The van der Waals surface area contributed by atoms with Crippen LogP contribution in [-0.2, 0) is 6.54 Å². The topological polar surface area (TPSA) is 30.9 Å². The van der Waals surface area contributed by atoms with Crippen LogP contribution in [0.2, 0.25) is 0 Å². The standard InChI is InChI=1S/C19H32N4.HI/c1-17-9-7-13-23(16-17)14-8-12-20-19(22(2)3)21-15-18-10-5-4-6-11-18;/h4-6,10-11,17H,7-9,12-16H2,1-3H3,(H,20,21);1H. The van der Waals surface area contributed by atoms with Crippen molar-refractivity contribution in [2.45, 2.75) is 32.7 Å². The molecule has 1 N–H and O–H groups in total. The lowest BCUT2D eigenvalue weighted by molar-refractivity contribution is 0.182. The number of likely N-dealkylation sites (tertiary alicyclic amines) is 1. The highest BCUT2D eigenvalue weighted by Gasteiger charge is 2.15. The number of piperidine rings is 1. The van der Waals surface area contributed by atoms with Gasteiger partial charge in [0, 0.05) is 27.2 Å². The van der Waals surface area contributed by atoms with E-state index in [-0.39, 0.29) is 24.0 Å². The molecular formula is C19H33IN4. The zero-order valence-corrected chi connectivity index (χ0v) is 17.7. The van der Waals surface area contributed by atoms with Gasteiger partial charge in [-0.2, -0.15) is 0 Å². The summed E-state index contributed by atoms with van der Waals surface area (Å²) in [7, 11) is 4.09. The molecule has 2 rings (SSSR count). The summed E-state index contributed by atoms with van der Waals surface area (Å²) in [6, 6.07) is 10.4. The van der Waals surface area contributed by atoms with Gasteiger partial charge in [0.05, 0.1) is 6.54 Å². The Kier molecular flexibility index (Phi) is 10.3. The molecular weight excluding hydrogens is 411 g/mol. The van der Waals surface area contributed by atoms with Crippen LogP contribution in [0, 0.1) is 5.92 Å². The molecule has 5 heteroatoms. The van der Waals surface area contributed by atoms with E-state index in [4.69, 9.17) is 4.99 Å². The van der Waals surface area contributed by atoms with Crippen molar-refractivity contribution in [1.82, 2.24) is 15.1 Å². The number of nitrogens with zero attached hydrogens (tertiary/aromatic N) is 3. The summed E-state index contributed by atoms with van der Waals surface area (Å²) in [5, 5.41) is 3.49. The highest BCUT2D eigenvalue weighted by Crippen LogP contribution is 2.15. The van der Waals surface area contributed by atoms with Crippen molar-refractivity contribution >= 4 is 29.9 Å². The van der Waals surface area contributed by atoms with Gasteiger partial charge in [0.15, 0.2) is 5.96 Å². The molecule has 0 bridgehead atoms. The van der Waals surface area contributed by atoms with E-state index in [9.17, 15) is 0 Å². The summed E-state index contributed by atoms with van der Waals surface area (Å²) in [6.45, 7) is 7.80. The van der Waals surface area contributed by atoms with Gasteiger partial charge in [-0.05, 0) is 43.8 Å². The summed E-state index contributed by atoms with van der Waals surface area (Å²) in [5.41, 5.74) is 1.25. The molecule has 1 unspecified atom stereocenters. The number of benzene rings is 1. The third-order valence-electron chi connectivity index (χ3n) is 4.35. The van der Waals surface area contributed by atoms with Crippen molar-refractivity contribution < 1.29 is 0 Å². The third-order valence-corrected chi connectivity index (χ3v) is 4.35. The number of hydrogen-bond acceptors (Lipinski definition) is 2. The molecule has 0 aromatic heterocycles. The maximum atomic E-state index is 4.71. The smallest absolute Gasteiger partial charge is 0.193 e. The lowest BCUT2D eigenvalue weighted by atomic mass is 10.0. The van der Waals surface area contributed by atoms with Crippen molar-refractivity contribution in [3.05, 3.63) is 35.9 Å². The fourth-order valence-corrected chi connectivity index (χ4v) is 3.10. The number of halogens is 1. The molecule has 1 atom stereocenters. The summed E-state index contributed by atoms with van der Waals surface area (Å²) >= 11 is 0. The second kappa shape index (κ2) is 11.7. The molecule has 1 aliphatic heterocycles.